The summed E-state index contributed by atoms with van der Waals surface area (Å²) in [5.74, 6) is -0.976. The number of ether oxygens (including phenoxy) is 1. The van der Waals surface area contributed by atoms with E-state index in [0.717, 1.165) is 18.2 Å². The van der Waals surface area contributed by atoms with Crippen molar-refractivity contribution in [2.24, 2.45) is 0 Å². The van der Waals surface area contributed by atoms with Gasteiger partial charge in [0.2, 0.25) is 5.88 Å². The molecule has 2 aromatic rings. The van der Waals surface area contributed by atoms with Gasteiger partial charge in [-0.05, 0) is 6.07 Å². The zero-order chi connectivity index (χ0) is 10.7. The summed E-state index contributed by atoms with van der Waals surface area (Å²) in [7, 11) is 0. The maximum absolute atomic E-state index is 12.8. The molecule has 2 nitrogen and oxygen atoms in total. The van der Waals surface area contributed by atoms with Crippen LogP contribution in [0.4, 0.5) is 8.78 Å². The third-order valence-electron chi connectivity index (χ3n) is 1.70. The molecule has 4 heteroatoms. The van der Waals surface area contributed by atoms with Crippen LogP contribution in [0.2, 0.25) is 0 Å². The van der Waals surface area contributed by atoms with Gasteiger partial charge in [-0.3, -0.25) is 0 Å². The van der Waals surface area contributed by atoms with Crippen LogP contribution in [0.15, 0.2) is 42.6 Å². The van der Waals surface area contributed by atoms with Crippen LogP contribution in [0.1, 0.15) is 0 Å². The predicted octanol–water partition coefficient (Wildman–Crippen LogP) is 3.15. The second-order valence-electron chi connectivity index (χ2n) is 2.88. The lowest BCUT2D eigenvalue weighted by Crippen LogP contribution is -1.89. The smallest absolute Gasteiger partial charge is 0.219 e. The van der Waals surface area contributed by atoms with Gasteiger partial charge in [-0.25, -0.2) is 13.8 Å². The molecule has 0 N–H and O–H groups in total. The van der Waals surface area contributed by atoms with Crippen LogP contribution >= 0.6 is 0 Å². The monoisotopic (exact) mass is 207 g/mol. The molecular formula is C11H7F2NO. The molecule has 0 atom stereocenters. The van der Waals surface area contributed by atoms with Crippen LogP contribution in [-0.2, 0) is 0 Å². The van der Waals surface area contributed by atoms with E-state index in [1.54, 1.807) is 18.2 Å². The zero-order valence-electron chi connectivity index (χ0n) is 7.65. The molecule has 1 aromatic carbocycles. The lowest BCUT2D eigenvalue weighted by atomic mass is 10.3. The first-order valence-corrected chi connectivity index (χ1v) is 4.29. The Labute approximate surface area is 85.2 Å². The van der Waals surface area contributed by atoms with Crippen molar-refractivity contribution in [2.75, 3.05) is 0 Å². The van der Waals surface area contributed by atoms with Crippen LogP contribution in [0.3, 0.4) is 0 Å². The predicted molar refractivity (Wildman–Crippen MR) is 50.7 cm³/mol. The van der Waals surface area contributed by atoms with Crippen molar-refractivity contribution in [1.82, 2.24) is 4.98 Å². The third-order valence-corrected chi connectivity index (χ3v) is 1.70. The van der Waals surface area contributed by atoms with E-state index in [9.17, 15) is 8.78 Å². The number of rotatable bonds is 2. The average Bonchev–Trinajstić information content (AvgIpc) is 2.17. The molecule has 1 heterocycles. The highest BCUT2D eigenvalue weighted by molar-refractivity contribution is 5.27. The minimum Gasteiger partial charge on any atom is -0.439 e. The molecule has 0 fully saturated rings. The fourth-order valence-corrected chi connectivity index (χ4v) is 1.12. The molecule has 0 aliphatic rings. The number of aromatic nitrogens is 1. The van der Waals surface area contributed by atoms with Crippen molar-refractivity contribution < 1.29 is 13.5 Å². The molecule has 15 heavy (non-hydrogen) atoms. The number of pyridine rings is 1. The Hall–Kier alpha value is -1.97. The number of hydrogen-bond donors (Lipinski definition) is 0. The molecule has 0 saturated heterocycles. The molecule has 0 radical (unpaired) electrons. The Morgan fingerprint density at radius 2 is 1.73 bits per heavy atom. The highest BCUT2D eigenvalue weighted by Gasteiger charge is 2.02. The maximum atomic E-state index is 12.8. The van der Waals surface area contributed by atoms with Gasteiger partial charge in [0.25, 0.3) is 0 Å². The molecule has 0 saturated carbocycles. The molecular weight excluding hydrogens is 200 g/mol. The maximum Gasteiger partial charge on any atom is 0.219 e. The summed E-state index contributed by atoms with van der Waals surface area (Å²) < 4.78 is 30.7. The zero-order valence-corrected chi connectivity index (χ0v) is 7.65. The highest BCUT2D eigenvalue weighted by Crippen LogP contribution is 2.20. The highest BCUT2D eigenvalue weighted by atomic mass is 19.1. The Kier molecular flexibility index (Phi) is 2.58. The van der Waals surface area contributed by atoms with Gasteiger partial charge in [-0.1, -0.05) is 6.07 Å². The normalized spacial score (nSPS) is 10.0. The lowest BCUT2D eigenvalue weighted by molar-refractivity contribution is 0.451. The summed E-state index contributed by atoms with van der Waals surface area (Å²) in [5, 5.41) is 0. The molecule has 0 amide bonds. The Morgan fingerprint density at radius 1 is 1.00 bits per heavy atom. The first-order valence-electron chi connectivity index (χ1n) is 4.29. The Balaban J connectivity index is 2.25. The van der Waals surface area contributed by atoms with Gasteiger partial charge < -0.3 is 4.74 Å². The summed E-state index contributed by atoms with van der Waals surface area (Å²) in [6, 6.07) is 8.01. The second-order valence-corrected chi connectivity index (χ2v) is 2.88. The number of halogens is 2. The van der Waals surface area contributed by atoms with Gasteiger partial charge in [0, 0.05) is 30.5 Å². The van der Waals surface area contributed by atoms with E-state index in [1.165, 1.54) is 6.20 Å². The van der Waals surface area contributed by atoms with Crippen molar-refractivity contribution in [2.45, 2.75) is 0 Å². The van der Waals surface area contributed by atoms with Gasteiger partial charge >= 0.3 is 0 Å². The average molecular weight is 207 g/mol. The molecule has 0 spiro atoms. The largest absolute Gasteiger partial charge is 0.439 e. The summed E-state index contributed by atoms with van der Waals surface area (Å²) in [6.45, 7) is 0. The molecule has 0 bridgehead atoms. The quantitative estimate of drug-likeness (QED) is 0.754. The van der Waals surface area contributed by atoms with Crippen molar-refractivity contribution in [3.63, 3.8) is 0 Å². The lowest BCUT2D eigenvalue weighted by Gasteiger charge is -2.03. The first kappa shape index (κ1) is 9.58. The van der Waals surface area contributed by atoms with Crippen molar-refractivity contribution >= 4 is 0 Å². The number of benzene rings is 1. The van der Waals surface area contributed by atoms with Crippen LogP contribution in [0.25, 0.3) is 0 Å². The van der Waals surface area contributed by atoms with E-state index in [1.807, 2.05) is 0 Å². The second kappa shape index (κ2) is 4.04. The van der Waals surface area contributed by atoms with Crippen molar-refractivity contribution in [1.29, 1.82) is 0 Å². The molecule has 0 aliphatic heterocycles. The molecule has 1 aromatic heterocycles. The molecule has 76 valence electrons. The number of hydrogen-bond acceptors (Lipinski definition) is 2. The Morgan fingerprint density at radius 3 is 2.33 bits per heavy atom. The van der Waals surface area contributed by atoms with E-state index < -0.39 is 11.6 Å². The number of nitrogens with zero attached hydrogens (tertiary/aromatic N) is 1. The summed E-state index contributed by atoms with van der Waals surface area (Å²) >= 11 is 0. The minimum absolute atomic E-state index is 0.0891. The van der Waals surface area contributed by atoms with E-state index in [0.29, 0.717) is 5.88 Å². The fraction of sp³-hybridized carbons (Fsp3) is 0. The molecule has 0 aliphatic carbocycles. The van der Waals surface area contributed by atoms with Gasteiger partial charge in [-0.2, -0.15) is 0 Å². The fourth-order valence-electron chi connectivity index (χ4n) is 1.12. The van der Waals surface area contributed by atoms with Crippen LogP contribution in [0.5, 0.6) is 11.6 Å². The summed E-state index contributed by atoms with van der Waals surface area (Å²) in [4.78, 5) is 3.87. The van der Waals surface area contributed by atoms with Gasteiger partial charge in [-0.15, -0.1) is 0 Å². The SMILES string of the molecule is Fc1cc(F)cc(Oc2ccccn2)c1. The minimum atomic E-state index is -0.680. The van der Waals surface area contributed by atoms with Crippen molar-refractivity contribution in [3.05, 3.63) is 54.2 Å². The Bertz CT molecular complexity index is 439. The van der Waals surface area contributed by atoms with Crippen LogP contribution < -0.4 is 4.74 Å². The van der Waals surface area contributed by atoms with Crippen LogP contribution in [-0.4, -0.2) is 4.98 Å². The van der Waals surface area contributed by atoms with E-state index in [2.05, 4.69) is 4.98 Å². The third kappa shape index (κ3) is 2.49. The van der Waals surface area contributed by atoms with Gasteiger partial charge in [0.05, 0.1) is 0 Å². The van der Waals surface area contributed by atoms with E-state index >= 15 is 0 Å². The van der Waals surface area contributed by atoms with Crippen LogP contribution in [0, 0.1) is 11.6 Å². The molecule has 0 unspecified atom stereocenters. The summed E-state index contributed by atoms with van der Waals surface area (Å²) in [5.41, 5.74) is 0. The van der Waals surface area contributed by atoms with Gasteiger partial charge in [0.1, 0.15) is 17.4 Å². The first-order chi connectivity index (χ1) is 7.24. The summed E-state index contributed by atoms with van der Waals surface area (Å²) in [6.07, 6.45) is 1.53. The van der Waals surface area contributed by atoms with Gasteiger partial charge in [0.15, 0.2) is 0 Å². The topological polar surface area (TPSA) is 22.1 Å². The van der Waals surface area contributed by atoms with E-state index in [-0.39, 0.29) is 5.75 Å². The molecule has 2 rings (SSSR count). The standard InChI is InChI=1S/C11H7F2NO/c12-8-5-9(13)7-10(6-8)15-11-3-1-2-4-14-11/h1-7H. The van der Waals surface area contributed by atoms with Crippen molar-refractivity contribution in [3.8, 4) is 11.6 Å². The van der Waals surface area contributed by atoms with E-state index in [4.69, 9.17) is 4.74 Å².